The molecule has 2 aromatic heterocycles. The standard InChI is InChI=1S/C27H26N4O3S/c1-4-18-7-9-20(10-8-18)25-29-26(34-30-25)23-17(2)31(16-22-6-5-15-35-22)27(32)28-24(23)19-11-13-21(33-3)14-12-19/h5-15,24H,4,16H2,1-3H3,(H,28,32). The lowest BCUT2D eigenvalue weighted by atomic mass is 9.94. The van der Waals surface area contributed by atoms with Crippen molar-refractivity contribution in [2.75, 3.05) is 7.11 Å². The first-order valence-corrected chi connectivity index (χ1v) is 12.3. The molecule has 35 heavy (non-hydrogen) atoms. The molecule has 2 amide bonds. The fourth-order valence-electron chi connectivity index (χ4n) is 4.19. The zero-order valence-corrected chi connectivity index (χ0v) is 20.6. The lowest BCUT2D eigenvalue weighted by Gasteiger charge is -2.35. The maximum Gasteiger partial charge on any atom is 0.322 e. The number of carbonyl (C=O) groups is 1. The second kappa shape index (κ2) is 9.76. The summed E-state index contributed by atoms with van der Waals surface area (Å²) in [6.45, 7) is 4.51. The number of nitrogens with zero attached hydrogens (tertiary/aromatic N) is 3. The lowest BCUT2D eigenvalue weighted by Crippen LogP contribution is -2.45. The first kappa shape index (κ1) is 22.9. The largest absolute Gasteiger partial charge is 0.497 e. The van der Waals surface area contributed by atoms with Crippen molar-refractivity contribution in [3.63, 3.8) is 0 Å². The smallest absolute Gasteiger partial charge is 0.322 e. The summed E-state index contributed by atoms with van der Waals surface area (Å²) >= 11 is 1.61. The molecule has 3 heterocycles. The Hall–Kier alpha value is -3.91. The molecular formula is C27H26N4O3S. The van der Waals surface area contributed by atoms with Gasteiger partial charge in [-0.25, -0.2) is 4.79 Å². The van der Waals surface area contributed by atoms with Crippen LogP contribution in [0.2, 0.25) is 0 Å². The summed E-state index contributed by atoms with van der Waals surface area (Å²) in [4.78, 5) is 20.7. The number of hydrogen-bond acceptors (Lipinski definition) is 6. The van der Waals surface area contributed by atoms with Gasteiger partial charge in [0.25, 0.3) is 5.89 Å². The van der Waals surface area contributed by atoms with Gasteiger partial charge in [0.2, 0.25) is 5.82 Å². The minimum atomic E-state index is -0.441. The van der Waals surface area contributed by atoms with Crippen LogP contribution >= 0.6 is 11.3 Å². The average Bonchev–Trinajstić information content (AvgIpc) is 3.59. The van der Waals surface area contributed by atoms with Crippen molar-refractivity contribution in [1.29, 1.82) is 0 Å². The molecule has 1 atom stereocenters. The number of methoxy groups -OCH3 is 1. The van der Waals surface area contributed by atoms with Crippen LogP contribution in [-0.2, 0) is 13.0 Å². The summed E-state index contributed by atoms with van der Waals surface area (Å²) in [6, 6.07) is 19.2. The first-order valence-electron chi connectivity index (χ1n) is 11.5. The van der Waals surface area contributed by atoms with Gasteiger partial charge < -0.3 is 14.6 Å². The van der Waals surface area contributed by atoms with Gasteiger partial charge in [0.15, 0.2) is 0 Å². The van der Waals surface area contributed by atoms with E-state index in [0.29, 0.717) is 18.3 Å². The van der Waals surface area contributed by atoms with E-state index in [4.69, 9.17) is 14.2 Å². The summed E-state index contributed by atoms with van der Waals surface area (Å²) in [5.41, 5.74) is 4.58. The quantitative estimate of drug-likeness (QED) is 0.343. The van der Waals surface area contributed by atoms with E-state index in [0.717, 1.165) is 39.4 Å². The van der Waals surface area contributed by atoms with E-state index in [-0.39, 0.29) is 6.03 Å². The molecule has 0 aliphatic carbocycles. The molecule has 8 heteroatoms. The third-order valence-electron chi connectivity index (χ3n) is 6.22. The summed E-state index contributed by atoms with van der Waals surface area (Å²) < 4.78 is 11.1. The summed E-state index contributed by atoms with van der Waals surface area (Å²) in [7, 11) is 1.63. The molecule has 178 valence electrons. The van der Waals surface area contributed by atoms with Crippen LogP contribution in [0, 0.1) is 0 Å². The Morgan fingerprint density at radius 2 is 1.89 bits per heavy atom. The number of rotatable bonds is 7. The van der Waals surface area contributed by atoms with Gasteiger partial charge in [-0.05, 0) is 48.1 Å². The molecule has 1 N–H and O–H groups in total. The van der Waals surface area contributed by atoms with Gasteiger partial charge in [-0.1, -0.05) is 54.5 Å². The van der Waals surface area contributed by atoms with Crippen LogP contribution in [0.3, 0.4) is 0 Å². The van der Waals surface area contributed by atoms with E-state index in [1.54, 1.807) is 23.3 Å². The van der Waals surface area contributed by atoms with E-state index in [2.05, 4.69) is 29.5 Å². The molecule has 0 saturated heterocycles. The number of urea groups is 1. The molecule has 5 rings (SSSR count). The minimum absolute atomic E-state index is 0.171. The monoisotopic (exact) mass is 486 g/mol. The van der Waals surface area contributed by atoms with Crippen molar-refractivity contribution in [2.45, 2.75) is 32.9 Å². The number of nitrogens with one attached hydrogen (secondary N) is 1. The van der Waals surface area contributed by atoms with E-state index in [1.165, 1.54) is 5.56 Å². The number of aromatic nitrogens is 2. The number of allylic oxidation sites excluding steroid dienone is 1. The highest BCUT2D eigenvalue weighted by Crippen LogP contribution is 2.38. The van der Waals surface area contributed by atoms with Gasteiger partial charge >= 0.3 is 6.03 Å². The Balaban J connectivity index is 1.57. The Bertz CT molecular complexity index is 1340. The maximum atomic E-state index is 13.2. The maximum absolute atomic E-state index is 13.2. The van der Waals surface area contributed by atoms with Crippen molar-refractivity contribution >= 4 is 22.9 Å². The van der Waals surface area contributed by atoms with Crippen LogP contribution in [0.15, 0.2) is 76.3 Å². The second-order valence-corrected chi connectivity index (χ2v) is 9.33. The molecule has 1 aliphatic rings. The average molecular weight is 487 g/mol. The van der Waals surface area contributed by atoms with Crippen molar-refractivity contribution in [3.8, 4) is 17.1 Å². The molecule has 0 fully saturated rings. The van der Waals surface area contributed by atoms with Crippen LogP contribution in [0.4, 0.5) is 4.79 Å². The number of ether oxygens (including phenoxy) is 1. The third kappa shape index (κ3) is 4.57. The predicted molar refractivity (Wildman–Crippen MR) is 136 cm³/mol. The number of carbonyl (C=O) groups excluding carboxylic acids is 1. The number of aryl methyl sites for hydroxylation is 1. The molecular weight excluding hydrogens is 460 g/mol. The summed E-state index contributed by atoms with van der Waals surface area (Å²) in [5.74, 6) is 1.64. The van der Waals surface area contributed by atoms with Crippen molar-refractivity contribution < 1.29 is 14.1 Å². The fraction of sp³-hybridized carbons (Fsp3) is 0.222. The Labute approximate surface area is 208 Å². The zero-order valence-electron chi connectivity index (χ0n) is 19.8. The van der Waals surface area contributed by atoms with Gasteiger partial charge in [0.05, 0.1) is 25.3 Å². The van der Waals surface area contributed by atoms with Crippen molar-refractivity contribution in [1.82, 2.24) is 20.4 Å². The predicted octanol–water partition coefficient (Wildman–Crippen LogP) is 6.07. The molecule has 0 radical (unpaired) electrons. The SMILES string of the molecule is CCc1ccc(-c2noc(C3=C(C)N(Cc4cccs4)C(=O)NC3c3ccc(OC)cc3)n2)cc1. The molecule has 0 bridgehead atoms. The number of hydrogen-bond donors (Lipinski definition) is 1. The summed E-state index contributed by atoms with van der Waals surface area (Å²) in [6.07, 6.45) is 0.965. The van der Waals surface area contributed by atoms with Gasteiger partial charge in [-0.2, -0.15) is 4.98 Å². The highest BCUT2D eigenvalue weighted by Gasteiger charge is 2.36. The van der Waals surface area contributed by atoms with Crippen LogP contribution in [0.5, 0.6) is 5.75 Å². The van der Waals surface area contributed by atoms with Gasteiger partial charge in [0.1, 0.15) is 5.75 Å². The molecule has 1 unspecified atom stereocenters. The van der Waals surface area contributed by atoms with E-state index in [1.807, 2.05) is 60.8 Å². The van der Waals surface area contributed by atoms with Gasteiger partial charge in [-0.3, -0.25) is 4.90 Å². The Morgan fingerprint density at radius 3 is 2.54 bits per heavy atom. The van der Waals surface area contributed by atoms with Crippen LogP contribution in [0.1, 0.15) is 41.8 Å². The molecule has 1 aliphatic heterocycles. The molecule has 4 aromatic rings. The lowest BCUT2D eigenvalue weighted by molar-refractivity contribution is 0.203. The topological polar surface area (TPSA) is 80.5 Å². The van der Waals surface area contributed by atoms with Gasteiger partial charge in [0, 0.05) is 16.1 Å². The second-order valence-electron chi connectivity index (χ2n) is 8.29. The highest BCUT2D eigenvalue weighted by molar-refractivity contribution is 7.09. The molecule has 2 aromatic carbocycles. The number of benzene rings is 2. The van der Waals surface area contributed by atoms with E-state index < -0.39 is 6.04 Å². The third-order valence-corrected chi connectivity index (χ3v) is 7.08. The summed E-state index contributed by atoms with van der Waals surface area (Å²) in [5, 5.41) is 9.40. The number of thiophene rings is 1. The fourth-order valence-corrected chi connectivity index (χ4v) is 4.89. The number of amides is 2. The first-order chi connectivity index (χ1) is 17.1. The highest BCUT2D eigenvalue weighted by atomic mass is 32.1. The van der Waals surface area contributed by atoms with Crippen molar-refractivity contribution in [2.24, 2.45) is 0 Å². The Morgan fingerprint density at radius 1 is 1.11 bits per heavy atom. The molecule has 7 nitrogen and oxygen atoms in total. The minimum Gasteiger partial charge on any atom is -0.497 e. The van der Waals surface area contributed by atoms with E-state index in [9.17, 15) is 4.79 Å². The Kier molecular flexibility index (Phi) is 6.37. The normalized spacial score (nSPS) is 15.9. The van der Waals surface area contributed by atoms with E-state index >= 15 is 0 Å². The van der Waals surface area contributed by atoms with Crippen molar-refractivity contribution in [3.05, 3.63) is 93.6 Å². The van der Waals surface area contributed by atoms with Crippen LogP contribution in [0.25, 0.3) is 17.0 Å². The molecule has 0 spiro atoms. The zero-order chi connectivity index (χ0) is 24.4. The molecule has 0 saturated carbocycles. The van der Waals surface area contributed by atoms with Gasteiger partial charge in [-0.15, -0.1) is 11.3 Å². The van der Waals surface area contributed by atoms with Crippen LogP contribution < -0.4 is 10.1 Å². The van der Waals surface area contributed by atoms with Crippen LogP contribution in [-0.4, -0.2) is 28.2 Å².